The highest BCUT2D eigenvalue weighted by molar-refractivity contribution is 6.09. The third-order valence-corrected chi connectivity index (χ3v) is 3.17. The van der Waals surface area contributed by atoms with Crippen molar-refractivity contribution in [3.63, 3.8) is 0 Å². The molecule has 0 aliphatic rings. The third kappa shape index (κ3) is 1.93. The predicted octanol–water partition coefficient (Wildman–Crippen LogP) is 2.21. The Labute approximate surface area is 115 Å². The fraction of sp³-hybridized carbons (Fsp3) is 0.133. The number of carbonyl (C=O) groups is 1. The van der Waals surface area contributed by atoms with Crippen LogP contribution in [-0.2, 0) is 7.05 Å². The van der Waals surface area contributed by atoms with E-state index in [0.29, 0.717) is 17.1 Å². The van der Waals surface area contributed by atoms with Gasteiger partial charge in [-0.25, -0.2) is 4.98 Å². The van der Waals surface area contributed by atoms with Crippen LogP contribution in [-0.4, -0.2) is 27.7 Å². The molecule has 5 nitrogen and oxygen atoms in total. The van der Waals surface area contributed by atoms with Crippen LogP contribution in [0.1, 0.15) is 16.2 Å². The van der Waals surface area contributed by atoms with Crippen molar-refractivity contribution in [1.29, 1.82) is 0 Å². The summed E-state index contributed by atoms with van der Waals surface area (Å²) >= 11 is 0. The van der Waals surface area contributed by atoms with Crippen molar-refractivity contribution < 1.29 is 9.53 Å². The summed E-state index contributed by atoms with van der Waals surface area (Å²) in [6.45, 7) is 0. The summed E-state index contributed by atoms with van der Waals surface area (Å²) < 4.78 is 6.66. The van der Waals surface area contributed by atoms with E-state index in [2.05, 4.69) is 10.1 Å². The Hall–Kier alpha value is -2.69. The molecule has 100 valence electrons. The summed E-state index contributed by atoms with van der Waals surface area (Å²) in [5.41, 5.74) is 1.57. The van der Waals surface area contributed by atoms with Gasteiger partial charge in [-0.3, -0.25) is 9.48 Å². The quantitative estimate of drug-likeness (QED) is 0.683. The fourth-order valence-electron chi connectivity index (χ4n) is 2.14. The highest BCUT2D eigenvalue weighted by Gasteiger charge is 2.20. The summed E-state index contributed by atoms with van der Waals surface area (Å²) in [5, 5.41) is 5.04. The smallest absolute Gasteiger partial charge is 0.233 e. The first kappa shape index (κ1) is 12.3. The zero-order chi connectivity index (χ0) is 14.1. The number of aryl methyl sites for hydroxylation is 1. The molecule has 0 saturated heterocycles. The molecular weight excluding hydrogens is 254 g/mol. The number of hydrogen-bond donors (Lipinski definition) is 0. The normalized spacial score (nSPS) is 10.7. The van der Waals surface area contributed by atoms with Crippen LogP contribution in [0.15, 0.2) is 42.6 Å². The monoisotopic (exact) mass is 267 g/mol. The number of ether oxygens (including phenoxy) is 1. The van der Waals surface area contributed by atoms with E-state index in [1.807, 2.05) is 30.3 Å². The van der Waals surface area contributed by atoms with Crippen LogP contribution >= 0.6 is 0 Å². The van der Waals surface area contributed by atoms with Crippen molar-refractivity contribution in [2.45, 2.75) is 0 Å². The Morgan fingerprint density at radius 3 is 2.80 bits per heavy atom. The first-order valence-corrected chi connectivity index (χ1v) is 6.17. The Morgan fingerprint density at radius 2 is 2.00 bits per heavy atom. The average molecular weight is 267 g/mol. The molecule has 3 aromatic rings. The molecule has 0 spiro atoms. The Kier molecular flexibility index (Phi) is 2.95. The summed E-state index contributed by atoms with van der Waals surface area (Å²) in [6.07, 6.45) is 1.52. The second-order valence-corrected chi connectivity index (χ2v) is 4.40. The van der Waals surface area contributed by atoms with Gasteiger partial charge in [0.1, 0.15) is 5.69 Å². The van der Waals surface area contributed by atoms with Crippen molar-refractivity contribution in [2.24, 2.45) is 7.05 Å². The van der Waals surface area contributed by atoms with E-state index >= 15 is 0 Å². The number of para-hydroxylation sites is 1. The first-order chi connectivity index (χ1) is 9.70. The van der Waals surface area contributed by atoms with Gasteiger partial charge in [0.25, 0.3) is 0 Å². The number of carbonyl (C=O) groups excluding carboxylic acids is 1. The van der Waals surface area contributed by atoms with E-state index in [1.165, 1.54) is 18.0 Å². The SMILES string of the molecule is COc1cnn(C)c1C(=O)c1ccc2ccccc2n1. The van der Waals surface area contributed by atoms with Crippen LogP contribution in [0.4, 0.5) is 0 Å². The molecule has 2 aromatic heterocycles. The lowest BCUT2D eigenvalue weighted by molar-refractivity contribution is 0.102. The van der Waals surface area contributed by atoms with Crippen LogP contribution in [0.5, 0.6) is 5.75 Å². The predicted molar refractivity (Wildman–Crippen MR) is 74.9 cm³/mol. The highest BCUT2D eigenvalue weighted by Crippen LogP contribution is 2.21. The third-order valence-electron chi connectivity index (χ3n) is 3.17. The number of ketones is 1. The molecule has 3 rings (SSSR count). The van der Waals surface area contributed by atoms with Crippen molar-refractivity contribution in [3.8, 4) is 5.75 Å². The van der Waals surface area contributed by atoms with Crippen LogP contribution in [0.2, 0.25) is 0 Å². The van der Waals surface area contributed by atoms with Crippen molar-refractivity contribution >= 4 is 16.7 Å². The molecule has 0 fully saturated rings. The molecule has 20 heavy (non-hydrogen) atoms. The summed E-state index contributed by atoms with van der Waals surface area (Å²) in [7, 11) is 3.22. The van der Waals surface area contributed by atoms with Gasteiger partial charge in [0, 0.05) is 12.4 Å². The zero-order valence-corrected chi connectivity index (χ0v) is 11.2. The van der Waals surface area contributed by atoms with E-state index in [4.69, 9.17) is 4.74 Å². The van der Waals surface area contributed by atoms with E-state index in [0.717, 1.165) is 10.9 Å². The molecule has 0 N–H and O–H groups in total. The van der Waals surface area contributed by atoms with Gasteiger partial charge >= 0.3 is 0 Å². The molecule has 0 bridgehead atoms. The maximum absolute atomic E-state index is 12.5. The summed E-state index contributed by atoms with van der Waals surface area (Å²) in [5.74, 6) is 0.250. The maximum Gasteiger partial charge on any atom is 0.233 e. The maximum atomic E-state index is 12.5. The van der Waals surface area contributed by atoms with E-state index in [1.54, 1.807) is 13.1 Å². The van der Waals surface area contributed by atoms with Gasteiger partial charge in [-0.05, 0) is 12.1 Å². The number of nitrogens with zero attached hydrogens (tertiary/aromatic N) is 3. The fourth-order valence-corrected chi connectivity index (χ4v) is 2.14. The number of benzene rings is 1. The standard InChI is InChI=1S/C15H13N3O2/c1-18-14(13(20-2)9-16-18)15(19)12-8-7-10-5-3-4-6-11(10)17-12/h3-9H,1-2H3. The van der Waals surface area contributed by atoms with Crippen molar-refractivity contribution in [3.05, 3.63) is 54.0 Å². The van der Waals surface area contributed by atoms with E-state index < -0.39 is 0 Å². The molecule has 0 radical (unpaired) electrons. The van der Waals surface area contributed by atoms with Crippen LogP contribution in [0.3, 0.4) is 0 Å². The van der Waals surface area contributed by atoms with Gasteiger partial charge in [-0.1, -0.05) is 24.3 Å². The van der Waals surface area contributed by atoms with Crippen molar-refractivity contribution in [2.75, 3.05) is 7.11 Å². The van der Waals surface area contributed by atoms with Gasteiger partial charge in [0.05, 0.1) is 18.8 Å². The molecule has 0 aliphatic carbocycles. The second-order valence-electron chi connectivity index (χ2n) is 4.40. The van der Waals surface area contributed by atoms with E-state index in [9.17, 15) is 4.79 Å². The lowest BCUT2D eigenvalue weighted by Gasteiger charge is -2.05. The first-order valence-electron chi connectivity index (χ1n) is 6.17. The summed E-state index contributed by atoms with van der Waals surface area (Å²) in [4.78, 5) is 16.9. The highest BCUT2D eigenvalue weighted by atomic mass is 16.5. The molecular formula is C15H13N3O2. The Bertz CT molecular complexity index is 793. The minimum Gasteiger partial charge on any atom is -0.493 e. The van der Waals surface area contributed by atoms with Gasteiger partial charge in [-0.15, -0.1) is 0 Å². The zero-order valence-electron chi connectivity index (χ0n) is 11.2. The molecule has 0 saturated carbocycles. The number of pyridine rings is 1. The number of rotatable bonds is 3. The largest absolute Gasteiger partial charge is 0.493 e. The molecule has 5 heteroatoms. The average Bonchev–Trinajstić information content (AvgIpc) is 2.87. The molecule has 1 aromatic carbocycles. The minimum absolute atomic E-state index is 0.201. The summed E-state index contributed by atoms with van der Waals surface area (Å²) in [6, 6.07) is 11.3. The van der Waals surface area contributed by atoms with Crippen LogP contribution in [0.25, 0.3) is 10.9 Å². The number of aromatic nitrogens is 3. The Balaban J connectivity index is 2.10. The molecule has 0 unspecified atom stereocenters. The Morgan fingerprint density at radius 1 is 1.20 bits per heavy atom. The lowest BCUT2D eigenvalue weighted by Crippen LogP contribution is -2.11. The molecule has 0 amide bonds. The van der Waals surface area contributed by atoms with Gasteiger partial charge < -0.3 is 4.74 Å². The second kappa shape index (κ2) is 4.77. The number of hydrogen-bond acceptors (Lipinski definition) is 4. The number of fused-ring (bicyclic) bond motifs is 1. The van der Waals surface area contributed by atoms with Gasteiger partial charge in [0.15, 0.2) is 11.4 Å². The number of methoxy groups -OCH3 is 1. The van der Waals surface area contributed by atoms with Crippen molar-refractivity contribution in [1.82, 2.24) is 14.8 Å². The van der Waals surface area contributed by atoms with Crippen LogP contribution < -0.4 is 4.74 Å². The van der Waals surface area contributed by atoms with Gasteiger partial charge in [0.2, 0.25) is 5.78 Å². The lowest BCUT2D eigenvalue weighted by atomic mass is 10.1. The topological polar surface area (TPSA) is 57.0 Å². The van der Waals surface area contributed by atoms with E-state index in [-0.39, 0.29) is 5.78 Å². The van der Waals surface area contributed by atoms with Crippen LogP contribution in [0, 0.1) is 0 Å². The minimum atomic E-state index is -0.201. The van der Waals surface area contributed by atoms with Gasteiger partial charge in [-0.2, -0.15) is 5.10 Å². The molecule has 0 aliphatic heterocycles. The molecule has 0 atom stereocenters. The molecule has 2 heterocycles.